The quantitative estimate of drug-likeness (QED) is 0.718. The molecule has 0 fully saturated rings. The van der Waals surface area contributed by atoms with Gasteiger partial charge in [0, 0.05) is 19.8 Å². The Morgan fingerprint density at radius 1 is 1.31 bits per heavy atom. The van der Waals surface area contributed by atoms with Gasteiger partial charge in [0.05, 0.1) is 0 Å². The molecule has 1 aromatic heterocycles. The highest BCUT2D eigenvalue weighted by Crippen LogP contribution is 2.23. The molecule has 0 saturated heterocycles. The summed E-state index contributed by atoms with van der Waals surface area (Å²) in [5, 5.41) is 0.124. The fourth-order valence-electron chi connectivity index (χ4n) is 1.18. The topological polar surface area (TPSA) is 31.2 Å². The first-order chi connectivity index (χ1) is 7.66. The minimum absolute atomic E-state index is 0.124. The van der Waals surface area contributed by atoms with Crippen molar-refractivity contribution in [1.29, 1.82) is 0 Å². The molecule has 0 saturated carbocycles. The lowest BCUT2D eigenvalue weighted by Crippen LogP contribution is -2.14. The van der Waals surface area contributed by atoms with Crippen LogP contribution >= 0.6 is 34.7 Å². The maximum Gasteiger partial charge on any atom is 0.280 e. The first-order valence-electron chi connectivity index (χ1n) is 5.29. The lowest BCUT2D eigenvalue weighted by Gasteiger charge is -2.02. The van der Waals surface area contributed by atoms with E-state index in [1.54, 1.807) is 3.96 Å². The number of hydrogen-bond acceptors (Lipinski definition) is 3. The van der Waals surface area contributed by atoms with Gasteiger partial charge >= 0.3 is 0 Å². The summed E-state index contributed by atoms with van der Waals surface area (Å²) in [5.74, 6) is 0. The number of unbranched alkanes of at least 4 members (excludes halogenated alkanes) is 1. The van der Waals surface area contributed by atoms with Crippen LogP contribution in [0.4, 0.5) is 0 Å². The molecule has 1 aromatic rings. The van der Waals surface area contributed by atoms with Crippen molar-refractivity contribution in [2.45, 2.75) is 32.7 Å². The third-order valence-electron chi connectivity index (χ3n) is 2.07. The maximum atomic E-state index is 11.5. The number of aryl methyl sites for hydroxylation is 1. The third kappa shape index (κ3) is 4.09. The van der Waals surface area contributed by atoms with E-state index in [0.29, 0.717) is 17.5 Å². The number of rotatable bonds is 7. The maximum absolute atomic E-state index is 11.5. The molecule has 0 amide bonds. The van der Waals surface area contributed by atoms with Crippen LogP contribution in [0.2, 0.25) is 9.36 Å². The molecule has 6 heteroatoms. The Kier molecular flexibility index (Phi) is 6.43. The van der Waals surface area contributed by atoms with E-state index in [-0.39, 0.29) is 10.6 Å². The summed E-state index contributed by atoms with van der Waals surface area (Å²) in [4.78, 5) is 11.5. The molecule has 1 heterocycles. The van der Waals surface area contributed by atoms with Gasteiger partial charge in [-0.1, -0.05) is 36.5 Å². The number of nitrogens with zero attached hydrogens (tertiary/aromatic N) is 1. The largest absolute Gasteiger partial charge is 0.381 e. The zero-order valence-electron chi connectivity index (χ0n) is 9.17. The van der Waals surface area contributed by atoms with Crippen LogP contribution in [-0.2, 0) is 11.3 Å². The Hall–Kier alpha value is -0.0300. The van der Waals surface area contributed by atoms with E-state index in [9.17, 15) is 4.79 Å². The van der Waals surface area contributed by atoms with E-state index in [1.807, 2.05) is 0 Å². The average molecular weight is 284 g/mol. The number of halogens is 2. The molecule has 1 rings (SSSR count). The molecule has 0 aliphatic rings. The van der Waals surface area contributed by atoms with Crippen LogP contribution in [0.1, 0.15) is 26.2 Å². The minimum Gasteiger partial charge on any atom is -0.381 e. The zero-order valence-corrected chi connectivity index (χ0v) is 11.5. The second-order valence-electron chi connectivity index (χ2n) is 3.41. The summed E-state index contributed by atoms with van der Waals surface area (Å²) in [5.41, 5.74) is -0.203. The summed E-state index contributed by atoms with van der Waals surface area (Å²) in [7, 11) is 0. The van der Waals surface area contributed by atoms with Crippen molar-refractivity contribution in [3.8, 4) is 0 Å². The highest BCUT2D eigenvalue weighted by Gasteiger charge is 2.10. The van der Waals surface area contributed by atoms with Crippen LogP contribution in [0.5, 0.6) is 0 Å². The summed E-state index contributed by atoms with van der Waals surface area (Å²) in [6.07, 6.45) is 3.02. The van der Waals surface area contributed by atoms with Crippen LogP contribution in [0.3, 0.4) is 0 Å². The van der Waals surface area contributed by atoms with Gasteiger partial charge in [0.2, 0.25) is 0 Å². The van der Waals surface area contributed by atoms with Gasteiger partial charge in [0.15, 0.2) is 0 Å². The predicted molar refractivity (Wildman–Crippen MR) is 68.9 cm³/mol. The lowest BCUT2D eigenvalue weighted by atomic mass is 10.4. The van der Waals surface area contributed by atoms with Crippen molar-refractivity contribution in [1.82, 2.24) is 3.96 Å². The number of ether oxygens (including phenoxy) is 1. The standard InChI is InChI=1S/C10H15Cl2NO2S/c1-2-3-6-15-7-4-5-13-10(14)8(11)9(12)16-13/h2-7H2,1H3. The highest BCUT2D eigenvalue weighted by molar-refractivity contribution is 7.11. The van der Waals surface area contributed by atoms with Crippen LogP contribution in [0.25, 0.3) is 0 Å². The summed E-state index contributed by atoms with van der Waals surface area (Å²) in [6.45, 7) is 4.19. The fourth-order valence-corrected chi connectivity index (χ4v) is 2.52. The molecule has 0 atom stereocenters. The van der Waals surface area contributed by atoms with Crippen molar-refractivity contribution >= 4 is 34.7 Å². The molecule has 92 valence electrons. The van der Waals surface area contributed by atoms with Gasteiger partial charge in [-0.2, -0.15) is 0 Å². The molecule has 0 aliphatic heterocycles. The Labute approximate surface area is 109 Å². The first kappa shape index (κ1) is 14.0. The monoisotopic (exact) mass is 283 g/mol. The van der Waals surface area contributed by atoms with Crippen LogP contribution < -0.4 is 5.56 Å². The highest BCUT2D eigenvalue weighted by atomic mass is 35.5. The molecule has 3 nitrogen and oxygen atoms in total. The van der Waals surface area contributed by atoms with E-state index in [0.717, 1.165) is 25.9 Å². The van der Waals surface area contributed by atoms with Gasteiger partial charge in [-0.25, -0.2) is 0 Å². The summed E-state index contributed by atoms with van der Waals surface area (Å²) >= 11 is 12.6. The van der Waals surface area contributed by atoms with E-state index >= 15 is 0 Å². The van der Waals surface area contributed by atoms with Crippen LogP contribution in [0, 0.1) is 0 Å². The SMILES string of the molecule is CCCCOCCCn1sc(Cl)c(Cl)c1=O. The van der Waals surface area contributed by atoms with Gasteiger partial charge in [-0.15, -0.1) is 0 Å². The minimum atomic E-state index is -0.203. The first-order valence-corrected chi connectivity index (χ1v) is 6.82. The molecule has 16 heavy (non-hydrogen) atoms. The summed E-state index contributed by atoms with van der Waals surface area (Å²) in [6, 6.07) is 0. The van der Waals surface area contributed by atoms with E-state index in [2.05, 4.69) is 6.92 Å². The molecule has 0 bridgehead atoms. The van der Waals surface area contributed by atoms with Crippen LogP contribution in [-0.4, -0.2) is 17.2 Å². The molecule has 0 aromatic carbocycles. The average Bonchev–Trinajstić information content (AvgIpc) is 2.51. The van der Waals surface area contributed by atoms with E-state index in [1.165, 1.54) is 11.5 Å². The Morgan fingerprint density at radius 2 is 2.00 bits per heavy atom. The fraction of sp³-hybridized carbons (Fsp3) is 0.700. The lowest BCUT2D eigenvalue weighted by molar-refractivity contribution is 0.126. The molecular formula is C10H15Cl2NO2S. The Balaban J connectivity index is 2.27. The van der Waals surface area contributed by atoms with Crippen LogP contribution in [0.15, 0.2) is 4.79 Å². The number of aromatic nitrogens is 1. The second kappa shape index (κ2) is 7.33. The van der Waals surface area contributed by atoms with Crippen molar-refractivity contribution in [2.24, 2.45) is 0 Å². The van der Waals surface area contributed by atoms with E-state index in [4.69, 9.17) is 27.9 Å². The summed E-state index contributed by atoms with van der Waals surface area (Å²) < 4.78 is 7.32. The molecule has 0 unspecified atom stereocenters. The zero-order chi connectivity index (χ0) is 12.0. The van der Waals surface area contributed by atoms with Crippen molar-refractivity contribution in [3.05, 3.63) is 19.7 Å². The molecule has 0 spiro atoms. The van der Waals surface area contributed by atoms with Crippen molar-refractivity contribution in [3.63, 3.8) is 0 Å². The molecule has 0 N–H and O–H groups in total. The normalized spacial score (nSPS) is 10.9. The van der Waals surface area contributed by atoms with Gasteiger partial charge in [-0.05, 0) is 24.4 Å². The van der Waals surface area contributed by atoms with Crippen molar-refractivity contribution in [2.75, 3.05) is 13.2 Å². The van der Waals surface area contributed by atoms with Gasteiger partial charge in [0.1, 0.15) is 9.36 Å². The van der Waals surface area contributed by atoms with Crippen molar-refractivity contribution < 1.29 is 4.74 Å². The predicted octanol–water partition coefficient (Wildman–Crippen LogP) is 3.42. The third-order valence-corrected chi connectivity index (χ3v) is 3.96. The van der Waals surface area contributed by atoms with Gasteiger partial charge < -0.3 is 4.74 Å². The smallest absolute Gasteiger partial charge is 0.280 e. The molecule has 0 aliphatic carbocycles. The molecule has 0 radical (unpaired) electrons. The Bertz CT molecular complexity index is 375. The Morgan fingerprint density at radius 3 is 2.56 bits per heavy atom. The van der Waals surface area contributed by atoms with E-state index < -0.39 is 0 Å². The second-order valence-corrected chi connectivity index (χ2v) is 5.42. The number of hydrogen-bond donors (Lipinski definition) is 0. The van der Waals surface area contributed by atoms with Gasteiger partial charge in [-0.3, -0.25) is 8.75 Å². The van der Waals surface area contributed by atoms with Gasteiger partial charge in [0.25, 0.3) is 5.56 Å². The molecular weight excluding hydrogens is 269 g/mol.